The van der Waals surface area contributed by atoms with E-state index in [0.29, 0.717) is 18.0 Å². The molecule has 7 nitrogen and oxygen atoms in total. The van der Waals surface area contributed by atoms with Gasteiger partial charge >= 0.3 is 11.8 Å². The van der Waals surface area contributed by atoms with Crippen LogP contribution in [0.3, 0.4) is 0 Å². The van der Waals surface area contributed by atoms with Crippen LogP contribution in [0.4, 0.5) is 5.69 Å². The van der Waals surface area contributed by atoms with E-state index in [0.717, 1.165) is 37.3 Å². The van der Waals surface area contributed by atoms with Crippen LogP contribution in [0.1, 0.15) is 22.7 Å². The molecule has 0 unspecified atom stereocenters. The number of amides is 2. The number of carbonyl (C=O) groups is 2. The molecule has 0 radical (unpaired) electrons. The number of nitrogens with one attached hydrogen (secondary N) is 2. The van der Waals surface area contributed by atoms with Crippen molar-refractivity contribution in [3.63, 3.8) is 0 Å². The number of piperazine rings is 1. The fourth-order valence-corrected chi connectivity index (χ4v) is 3.75. The van der Waals surface area contributed by atoms with E-state index >= 15 is 0 Å². The van der Waals surface area contributed by atoms with Gasteiger partial charge in [0, 0.05) is 32.7 Å². The van der Waals surface area contributed by atoms with Gasteiger partial charge in [0.25, 0.3) is 0 Å². The van der Waals surface area contributed by atoms with Crippen LogP contribution in [0, 0.1) is 13.8 Å². The Morgan fingerprint density at radius 1 is 0.968 bits per heavy atom. The molecular formula is C24H32N4O3. The van der Waals surface area contributed by atoms with Gasteiger partial charge in [0.2, 0.25) is 0 Å². The van der Waals surface area contributed by atoms with E-state index < -0.39 is 11.8 Å². The second-order valence-electron chi connectivity index (χ2n) is 8.13. The van der Waals surface area contributed by atoms with Crippen LogP contribution in [-0.4, -0.2) is 68.5 Å². The molecule has 2 N–H and O–H groups in total. The summed E-state index contributed by atoms with van der Waals surface area (Å²) in [4.78, 5) is 29.7. The first-order valence-corrected chi connectivity index (χ1v) is 10.6. The van der Waals surface area contributed by atoms with Crippen LogP contribution >= 0.6 is 0 Å². The van der Waals surface area contributed by atoms with Crippen molar-refractivity contribution in [2.45, 2.75) is 19.9 Å². The molecule has 1 heterocycles. The first-order valence-electron chi connectivity index (χ1n) is 10.6. The number of methoxy groups -OCH3 is 1. The summed E-state index contributed by atoms with van der Waals surface area (Å²) in [7, 11) is 3.65. The number of ether oxygens (including phenoxy) is 1. The third-order valence-electron chi connectivity index (χ3n) is 5.71. The molecule has 0 aliphatic carbocycles. The number of benzene rings is 2. The van der Waals surface area contributed by atoms with Gasteiger partial charge in [0.1, 0.15) is 5.75 Å². The van der Waals surface area contributed by atoms with Gasteiger partial charge in [0.15, 0.2) is 0 Å². The second-order valence-corrected chi connectivity index (χ2v) is 8.13. The first kappa shape index (κ1) is 22.8. The minimum atomic E-state index is -0.704. The second kappa shape index (κ2) is 10.4. The molecule has 1 saturated heterocycles. The van der Waals surface area contributed by atoms with Crippen LogP contribution in [0.15, 0.2) is 42.5 Å². The number of nitrogens with zero attached hydrogens (tertiary/aromatic N) is 2. The van der Waals surface area contributed by atoms with E-state index in [1.807, 2.05) is 13.0 Å². The molecule has 7 heteroatoms. The molecule has 1 aliphatic heterocycles. The lowest BCUT2D eigenvalue weighted by Crippen LogP contribution is -2.49. The zero-order valence-corrected chi connectivity index (χ0v) is 18.8. The third kappa shape index (κ3) is 6.06. The molecular weight excluding hydrogens is 392 g/mol. The summed E-state index contributed by atoms with van der Waals surface area (Å²) in [5.74, 6) is -0.846. The van der Waals surface area contributed by atoms with E-state index in [2.05, 4.69) is 58.7 Å². The molecule has 1 aliphatic rings. The smallest absolute Gasteiger partial charge is 0.313 e. The molecule has 0 aromatic heterocycles. The lowest BCUT2D eigenvalue weighted by molar-refractivity contribution is -0.136. The Balaban J connectivity index is 1.67. The maximum Gasteiger partial charge on any atom is 0.313 e. The molecule has 2 amide bonds. The quantitative estimate of drug-likeness (QED) is 0.697. The normalized spacial score (nSPS) is 15.9. The molecule has 31 heavy (non-hydrogen) atoms. The minimum absolute atomic E-state index is 0.0135. The minimum Gasteiger partial charge on any atom is -0.495 e. The molecule has 2 aromatic carbocycles. The van der Waals surface area contributed by atoms with Gasteiger partial charge in [0.05, 0.1) is 18.8 Å². The summed E-state index contributed by atoms with van der Waals surface area (Å²) < 4.78 is 5.28. The van der Waals surface area contributed by atoms with Gasteiger partial charge in [-0.25, -0.2) is 0 Å². The van der Waals surface area contributed by atoms with Gasteiger partial charge in [-0.3, -0.25) is 14.5 Å². The molecule has 3 rings (SSSR count). The van der Waals surface area contributed by atoms with Crippen molar-refractivity contribution in [3.8, 4) is 5.75 Å². The van der Waals surface area contributed by atoms with Gasteiger partial charge < -0.3 is 20.3 Å². The average molecular weight is 425 g/mol. The van der Waals surface area contributed by atoms with Crippen molar-refractivity contribution < 1.29 is 14.3 Å². The number of likely N-dealkylation sites (N-methyl/N-ethyl adjacent to an activating group) is 1. The molecule has 0 saturated carbocycles. The Hall–Kier alpha value is -2.90. The Kier molecular flexibility index (Phi) is 7.65. The molecule has 166 valence electrons. The van der Waals surface area contributed by atoms with Gasteiger partial charge in [-0.2, -0.15) is 0 Å². The Labute approximate surface area is 184 Å². The molecule has 0 spiro atoms. The first-order chi connectivity index (χ1) is 14.9. The Morgan fingerprint density at radius 3 is 2.26 bits per heavy atom. The summed E-state index contributed by atoms with van der Waals surface area (Å²) >= 11 is 0. The highest BCUT2D eigenvalue weighted by Crippen LogP contribution is 2.25. The maximum atomic E-state index is 12.6. The number of rotatable bonds is 6. The highest BCUT2D eigenvalue weighted by molar-refractivity contribution is 6.39. The topological polar surface area (TPSA) is 73.9 Å². The molecule has 0 bridgehead atoms. The summed E-state index contributed by atoms with van der Waals surface area (Å²) in [6.45, 7) is 8.12. The van der Waals surface area contributed by atoms with Gasteiger partial charge in [-0.15, -0.1) is 0 Å². The van der Waals surface area contributed by atoms with Crippen LogP contribution in [0.5, 0.6) is 5.75 Å². The van der Waals surface area contributed by atoms with Crippen molar-refractivity contribution in [3.05, 3.63) is 59.2 Å². The fraction of sp³-hybridized carbons (Fsp3) is 0.417. The lowest BCUT2D eigenvalue weighted by Gasteiger charge is -2.38. The summed E-state index contributed by atoms with van der Waals surface area (Å²) in [5, 5.41) is 5.49. The van der Waals surface area contributed by atoms with E-state index in [9.17, 15) is 9.59 Å². The zero-order chi connectivity index (χ0) is 22.4. The van der Waals surface area contributed by atoms with Gasteiger partial charge in [-0.1, -0.05) is 35.9 Å². The molecule has 1 fully saturated rings. The van der Waals surface area contributed by atoms with Crippen LogP contribution in [0.25, 0.3) is 0 Å². The number of hydrogen-bond acceptors (Lipinski definition) is 5. The summed E-state index contributed by atoms with van der Waals surface area (Å²) in [6.07, 6.45) is 0. The lowest BCUT2D eigenvalue weighted by atomic mass is 10.0. The predicted molar refractivity (Wildman–Crippen MR) is 122 cm³/mol. The Morgan fingerprint density at radius 2 is 1.61 bits per heavy atom. The third-order valence-corrected chi connectivity index (χ3v) is 5.71. The average Bonchev–Trinajstić information content (AvgIpc) is 2.76. The van der Waals surface area contributed by atoms with Gasteiger partial charge in [-0.05, 0) is 44.2 Å². The van der Waals surface area contributed by atoms with Crippen LogP contribution in [-0.2, 0) is 9.59 Å². The molecule has 2 aromatic rings. The standard InChI is InChI=1S/C24H32N4O3/c1-17-5-8-19(9-6-17)21(28-13-11-27(3)12-14-28)16-25-23(29)24(30)26-20-15-18(2)7-10-22(20)31-4/h5-10,15,21H,11-14,16H2,1-4H3,(H,25,29)(H,26,30)/t21-/m1/s1. The highest BCUT2D eigenvalue weighted by atomic mass is 16.5. The number of hydrogen-bond donors (Lipinski definition) is 2. The zero-order valence-electron chi connectivity index (χ0n) is 18.8. The highest BCUT2D eigenvalue weighted by Gasteiger charge is 2.25. The van der Waals surface area contributed by atoms with Crippen molar-refractivity contribution in [2.24, 2.45) is 0 Å². The molecule has 1 atom stereocenters. The largest absolute Gasteiger partial charge is 0.495 e. The number of anilines is 1. The van der Waals surface area contributed by atoms with Crippen molar-refractivity contribution in [1.29, 1.82) is 0 Å². The SMILES string of the molecule is COc1ccc(C)cc1NC(=O)C(=O)NC[C@H](c1ccc(C)cc1)N1CCN(C)CC1. The predicted octanol–water partition coefficient (Wildman–Crippen LogP) is 2.36. The fourth-order valence-electron chi connectivity index (χ4n) is 3.75. The van der Waals surface area contributed by atoms with E-state index in [4.69, 9.17) is 4.74 Å². The van der Waals surface area contributed by atoms with E-state index in [-0.39, 0.29) is 6.04 Å². The van der Waals surface area contributed by atoms with Crippen molar-refractivity contribution >= 4 is 17.5 Å². The van der Waals surface area contributed by atoms with Crippen molar-refractivity contribution in [1.82, 2.24) is 15.1 Å². The van der Waals surface area contributed by atoms with Crippen molar-refractivity contribution in [2.75, 3.05) is 52.2 Å². The summed E-state index contributed by atoms with van der Waals surface area (Å²) in [6, 6.07) is 13.8. The van der Waals surface area contributed by atoms with E-state index in [1.54, 1.807) is 12.1 Å². The van der Waals surface area contributed by atoms with Crippen LogP contribution < -0.4 is 15.4 Å². The summed E-state index contributed by atoms with van der Waals surface area (Å²) in [5.41, 5.74) is 3.77. The van der Waals surface area contributed by atoms with Crippen LogP contribution in [0.2, 0.25) is 0 Å². The Bertz CT molecular complexity index is 906. The van der Waals surface area contributed by atoms with E-state index in [1.165, 1.54) is 12.7 Å². The monoisotopic (exact) mass is 424 g/mol. The maximum absolute atomic E-state index is 12.6. The number of aryl methyl sites for hydroxylation is 2. The number of carbonyl (C=O) groups excluding carboxylic acids is 2.